The predicted octanol–water partition coefficient (Wildman–Crippen LogP) is 3.23. The van der Waals surface area contributed by atoms with Crippen LogP contribution in [0.15, 0.2) is 17.8 Å². The molecule has 0 radical (unpaired) electrons. The van der Waals surface area contributed by atoms with Gasteiger partial charge in [0.2, 0.25) is 0 Å². The minimum absolute atomic E-state index is 0.357. The van der Waals surface area contributed by atoms with Gasteiger partial charge in [0.25, 0.3) is 0 Å². The van der Waals surface area contributed by atoms with Crippen molar-refractivity contribution in [2.45, 2.75) is 65.0 Å². The van der Waals surface area contributed by atoms with Crippen molar-refractivity contribution in [1.29, 1.82) is 0 Å². The first kappa shape index (κ1) is 14.3. The number of nitrogens with zero attached hydrogens (tertiary/aromatic N) is 3. The highest BCUT2D eigenvalue weighted by Crippen LogP contribution is 2.27. The zero-order valence-corrected chi connectivity index (χ0v) is 12.2. The van der Waals surface area contributed by atoms with E-state index in [1.165, 1.54) is 31.4 Å². The summed E-state index contributed by atoms with van der Waals surface area (Å²) in [6.45, 7) is 6.28. The van der Waals surface area contributed by atoms with Crippen LogP contribution in [0.25, 0.3) is 0 Å². The molecule has 0 bridgehead atoms. The van der Waals surface area contributed by atoms with Gasteiger partial charge in [-0.2, -0.15) is 0 Å². The SMILES string of the molecule is CCCn1nncc1C(CC1=CCCCC1)NCC. The Morgan fingerprint density at radius 2 is 2.26 bits per heavy atom. The topological polar surface area (TPSA) is 42.7 Å². The molecule has 1 N–H and O–H groups in total. The van der Waals surface area contributed by atoms with Gasteiger partial charge >= 0.3 is 0 Å². The van der Waals surface area contributed by atoms with Gasteiger partial charge in [-0.25, -0.2) is 4.68 Å². The molecule has 1 aromatic rings. The molecule has 0 amide bonds. The van der Waals surface area contributed by atoms with Gasteiger partial charge in [-0.1, -0.05) is 30.7 Å². The van der Waals surface area contributed by atoms with E-state index in [9.17, 15) is 0 Å². The number of rotatable bonds is 7. The molecule has 106 valence electrons. The monoisotopic (exact) mass is 262 g/mol. The smallest absolute Gasteiger partial charge is 0.0759 e. The second-order valence-corrected chi connectivity index (χ2v) is 5.30. The average molecular weight is 262 g/mol. The molecule has 1 unspecified atom stereocenters. The molecule has 0 saturated heterocycles. The predicted molar refractivity (Wildman–Crippen MR) is 77.9 cm³/mol. The van der Waals surface area contributed by atoms with Crippen LogP contribution >= 0.6 is 0 Å². The Morgan fingerprint density at radius 3 is 2.95 bits per heavy atom. The summed E-state index contributed by atoms with van der Waals surface area (Å²) in [7, 11) is 0. The zero-order chi connectivity index (χ0) is 13.5. The minimum atomic E-state index is 0.357. The van der Waals surface area contributed by atoms with Gasteiger partial charge in [0.1, 0.15) is 0 Å². The van der Waals surface area contributed by atoms with Gasteiger partial charge in [-0.3, -0.25) is 0 Å². The molecule has 0 saturated carbocycles. The van der Waals surface area contributed by atoms with E-state index in [1.807, 2.05) is 6.20 Å². The molecule has 1 aliphatic carbocycles. The second-order valence-electron chi connectivity index (χ2n) is 5.30. The van der Waals surface area contributed by atoms with E-state index in [1.54, 1.807) is 5.57 Å². The van der Waals surface area contributed by atoms with Gasteiger partial charge in [0.15, 0.2) is 0 Å². The molecule has 1 aliphatic rings. The molecule has 0 spiro atoms. The first-order valence-electron chi connectivity index (χ1n) is 7.64. The largest absolute Gasteiger partial charge is 0.309 e. The fourth-order valence-electron chi connectivity index (χ4n) is 2.80. The fourth-order valence-corrected chi connectivity index (χ4v) is 2.80. The fraction of sp³-hybridized carbons (Fsp3) is 0.733. The Balaban J connectivity index is 2.09. The molecular weight excluding hydrogens is 236 g/mol. The van der Waals surface area contributed by atoms with Crippen molar-refractivity contribution in [3.8, 4) is 0 Å². The molecule has 0 fully saturated rings. The molecule has 1 aromatic heterocycles. The third-order valence-electron chi connectivity index (χ3n) is 3.74. The molecule has 0 aliphatic heterocycles. The van der Waals surface area contributed by atoms with Gasteiger partial charge in [-0.15, -0.1) is 5.10 Å². The highest BCUT2D eigenvalue weighted by Gasteiger charge is 2.18. The maximum Gasteiger partial charge on any atom is 0.0759 e. The summed E-state index contributed by atoms with van der Waals surface area (Å²) in [5.41, 5.74) is 2.83. The minimum Gasteiger partial charge on any atom is -0.309 e. The number of nitrogens with one attached hydrogen (secondary N) is 1. The lowest BCUT2D eigenvalue weighted by Gasteiger charge is -2.22. The van der Waals surface area contributed by atoms with Crippen LogP contribution in [-0.2, 0) is 6.54 Å². The molecule has 19 heavy (non-hydrogen) atoms. The van der Waals surface area contributed by atoms with Crippen molar-refractivity contribution >= 4 is 0 Å². The van der Waals surface area contributed by atoms with Gasteiger partial charge in [0, 0.05) is 6.54 Å². The standard InChI is InChI=1S/C15H26N4/c1-3-10-19-15(12-17-18-19)14(16-4-2)11-13-8-6-5-7-9-13/h8,12,14,16H,3-7,9-11H2,1-2H3. The number of allylic oxidation sites excluding steroid dienone is 1. The average Bonchev–Trinajstić information content (AvgIpc) is 2.88. The van der Waals surface area contributed by atoms with Crippen molar-refractivity contribution in [3.05, 3.63) is 23.5 Å². The lowest BCUT2D eigenvalue weighted by molar-refractivity contribution is 0.465. The molecule has 1 heterocycles. The van der Waals surface area contributed by atoms with Crippen LogP contribution in [0.3, 0.4) is 0 Å². The van der Waals surface area contributed by atoms with E-state index >= 15 is 0 Å². The second kappa shape index (κ2) is 7.43. The molecule has 4 heteroatoms. The lowest BCUT2D eigenvalue weighted by atomic mass is 9.93. The van der Waals surface area contributed by atoms with Crippen molar-refractivity contribution in [1.82, 2.24) is 20.3 Å². The van der Waals surface area contributed by atoms with E-state index in [-0.39, 0.29) is 0 Å². The Morgan fingerprint density at radius 1 is 1.37 bits per heavy atom. The third-order valence-corrected chi connectivity index (χ3v) is 3.74. The Hall–Kier alpha value is -1.16. The van der Waals surface area contributed by atoms with Gasteiger partial charge in [-0.05, 0) is 45.1 Å². The quantitative estimate of drug-likeness (QED) is 0.767. The molecule has 0 aromatic carbocycles. The van der Waals surface area contributed by atoms with E-state index in [0.717, 1.165) is 25.9 Å². The van der Waals surface area contributed by atoms with Crippen molar-refractivity contribution in [2.75, 3.05) is 6.54 Å². The number of hydrogen-bond acceptors (Lipinski definition) is 3. The number of aromatic nitrogens is 3. The molecular formula is C15H26N4. The summed E-state index contributed by atoms with van der Waals surface area (Å²) < 4.78 is 2.05. The van der Waals surface area contributed by atoms with Crippen molar-refractivity contribution < 1.29 is 0 Å². The van der Waals surface area contributed by atoms with Crippen LogP contribution < -0.4 is 5.32 Å². The van der Waals surface area contributed by atoms with Crippen molar-refractivity contribution in [2.24, 2.45) is 0 Å². The van der Waals surface area contributed by atoms with Gasteiger partial charge < -0.3 is 5.32 Å². The molecule has 4 nitrogen and oxygen atoms in total. The maximum absolute atomic E-state index is 4.21. The van der Waals surface area contributed by atoms with E-state index in [0.29, 0.717) is 6.04 Å². The summed E-state index contributed by atoms with van der Waals surface area (Å²) >= 11 is 0. The molecule has 2 rings (SSSR count). The summed E-state index contributed by atoms with van der Waals surface area (Å²) in [5, 5.41) is 11.9. The first-order chi connectivity index (χ1) is 9.35. The van der Waals surface area contributed by atoms with Crippen LogP contribution in [0.2, 0.25) is 0 Å². The maximum atomic E-state index is 4.21. The number of hydrogen-bond donors (Lipinski definition) is 1. The Bertz CT molecular complexity index is 408. The van der Waals surface area contributed by atoms with Crippen LogP contribution in [0.1, 0.15) is 64.1 Å². The van der Waals surface area contributed by atoms with E-state index in [4.69, 9.17) is 0 Å². The van der Waals surface area contributed by atoms with Crippen LogP contribution in [0.5, 0.6) is 0 Å². The van der Waals surface area contributed by atoms with Crippen LogP contribution in [0.4, 0.5) is 0 Å². The van der Waals surface area contributed by atoms with E-state index in [2.05, 4.69) is 40.2 Å². The highest BCUT2D eigenvalue weighted by atomic mass is 15.4. The summed E-state index contributed by atoms with van der Waals surface area (Å²) in [4.78, 5) is 0. The van der Waals surface area contributed by atoms with Gasteiger partial charge in [0.05, 0.1) is 17.9 Å². The van der Waals surface area contributed by atoms with E-state index < -0.39 is 0 Å². The normalized spacial score (nSPS) is 17.3. The summed E-state index contributed by atoms with van der Waals surface area (Å²) in [5.74, 6) is 0. The van der Waals surface area contributed by atoms with Crippen LogP contribution in [0, 0.1) is 0 Å². The first-order valence-corrected chi connectivity index (χ1v) is 7.64. The Kier molecular flexibility index (Phi) is 5.58. The summed E-state index contributed by atoms with van der Waals surface area (Å²) in [6, 6.07) is 0.357. The van der Waals surface area contributed by atoms with Crippen molar-refractivity contribution in [3.63, 3.8) is 0 Å². The zero-order valence-electron chi connectivity index (χ0n) is 12.2. The number of aryl methyl sites for hydroxylation is 1. The lowest BCUT2D eigenvalue weighted by Crippen LogP contribution is -2.24. The van der Waals surface area contributed by atoms with Crippen LogP contribution in [-0.4, -0.2) is 21.5 Å². The summed E-state index contributed by atoms with van der Waals surface area (Å²) in [6.07, 6.45) is 11.8. The molecule has 1 atom stereocenters. The Labute approximate surface area is 116 Å². The third kappa shape index (κ3) is 3.90. The highest BCUT2D eigenvalue weighted by molar-refractivity contribution is 5.12.